The van der Waals surface area contributed by atoms with Gasteiger partial charge in [-0.3, -0.25) is 0 Å². The van der Waals surface area contributed by atoms with Crippen LogP contribution in [0.1, 0.15) is 18.0 Å². The van der Waals surface area contributed by atoms with Crippen LogP contribution in [0.4, 0.5) is 5.69 Å². The molecule has 0 aliphatic carbocycles. The number of anilines is 1. The van der Waals surface area contributed by atoms with Crippen molar-refractivity contribution < 1.29 is 4.74 Å². The van der Waals surface area contributed by atoms with E-state index < -0.39 is 0 Å². The van der Waals surface area contributed by atoms with E-state index in [0.29, 0.717) is 27.4 Å². The minimum Gasteiger partial charge on any atom is -0.493 e. The van der Waals surface area contributed by atoms with E-state index in [9.17, 15) is 0 Å². The summed E-state index contributed by atoms with van der Waals surface area (Å²) in [4.78, 5) is 0. The van der Waals surface area contributed by atoms with E-state index in [1.807, 2.05) is 18.2 Å². The van der Waals surface area contributed by atoms with E-state index in [2.05, 4.69) is 21.2 Å². The summed E-state index contributed by atoms with van der Waals surface area (Å²) in [5, 5.41) is 4.94. The Balaban J connectivity index is 1.96. The molecule has 1 aliphatic rings. The summed E-state index contributed by atoms with van der Waals surface area (Å²) >= 11 is 21.9. The van der Waals surface area contributed by atoms with Crippen molar-refractivity contribution >= 4 is 56.4 Å². The Kier molecular flexibility index (Phi) is 4.55. The fraction of sp³-hybridized carbons (Fsp3) is 0.200. The van der Waals surface area contributed by atoms with Crippen LogP contribution in [0.5, 0.6) is 5.75 Å². The second-order valence-electron chi connectivity index (χ2n) is 4.76. The van der Waals surface area contributed by atoms with Gasteiger partial charge in [-0.1, -0.05) is 50.7 Å². The molecule has 0 bridgehead atoms. The van der Waals surface area contributed by atoms with Gasteiger partial charge < -0.3 is 10.1 Å². The van der Waals surface area contributed by atoms with Gasteiger partial charge in [0, 0.05) is 21.5 Å². The first kappa shape index (κ1) is 15.3. The molecule has 110 valence electrons. The maximum Gasteiger partial charge on any atom is 0.124 e. The normalized spacial score (nSPS) is 17.0. The van der Waals surface area contributed by atoms with E-state index in [1.165, 1.54) is 0 Å². The third kappa shape index (κ3) is 3.26. The van der Waals surface area contributed by atoms with E-state index in [0.717, 1.165) is 22.2 Å². The van der Waals surface area contributed by atoms with E-state index in [4.69, 9.17) is 39.5 Å². The Bertz CT molecular complexity index is 670. The lowest BCUT2D eigenvalue weighted by Gasteiger charge is -2.28. The lowest BCUT2D eigenvalue weighted by molar-refractivity contribution is 0.274. The van der Waals surface area contributed by atoms with Crippen LogP contribution in [0.25, 0.3) is 0 Å². The Morgan fingerprint density at radius 3 is 2.52 bits per heavy atom. The van der Waals surface area contributed by atoms with Crippen LogP contribution in [-0.2, 0) is 0 Å². The number of benzene rings is 2. The van der Waals surface area contributed by atoms with Gasteiger partial charge in [0.2, 0.25) is 0 Å². The van der Waals surface area contributed by atoms with Crippen molar-refractivity contribution in [3.8, 4) is 5.75 Å². The van der Waals surface area contributed by atoms with Crippen molar-refractivity contribution in [2.24, 2.45) is 0 Å². The molecule has 1 heterocycles. The standard InChI is InChI=1S/C15H11BrCl3NO/c16-8-1-2-14-10(5-8)13(3-4-21-14)20-15-11(18)6-9(17)7-12(15)19/h1-2,5-7,13,20H,3-4H2. The van der Waals surface area contributed by atoms with Gasteiger partial charge in [-0.15, -0.1) is 0 Å². The Hall–Kier alpha value is -0.610. The van der Waals surface area contributed by atoms with Crippen LogP contribution >= 0.6 is 50.7 Å². The molecule has 1 aliphatic heterocycles. The highest BCUT2D eigenvalue weighted by Crippen LogP contribution is 2.40. The Labute approximate surface area is 146 Å². The van der Waals surface area contributed by atoms with E-state index in [1.54, 1.807) is 12.1 Å². The second kappa shape index (κ2) is 6.25. The van der Waals surface area contributed by atoms with Crippen LogP contribution in [0, 0.1) is 0 Å². The topological polar surface area (TPSA) is 21.3 Å². The highest BCUT2D eigenvalue weighted by Gasteiger charge is 2.23. The second-order valence-corrected chi connectivity index (χ2v) is 6.93. The SMILES string of the molecule is Clc1cc(Cl)c(NC2CCOc3ccc(Br)cc32)c(Cl)c1. The summed E-state index contributed by atoms with van der Waals surface area (Å²) in [7, 11) is 0. The maximum absolute atomic E-state index is 6.24. The first-order valence-electron chi connectivity index (χ1n) is 6.38. The zero-order chi connectivity index (χ0) is 15.0. The highest BCUT2D eigenvalue weighted by atomic mass is 79.9. The van der Waals surface area contributed by atoms with Crippen molar-refractivity contribution in [3.63, 3.8) is 0 Å². The fourth-order valence-electron chi connectivity index (χ4n) is 2.37. The van der Waals surface area contributed by atoms with Crippen molar-refractivity contribution in [1.29, 1.82) is 0 Å². The summed E-state index contributed by atoms with van der Waals surface area (Å²) in [5.74, 6) is 0.878. The molecule has 6 heteroatoms. The van der Waals surface area contributed by atoms with Gasteiger partial charge in [0.15, 0.2) is 0 Å². The monoisotopic (exact) mass is 405 g/mol. The molecular formula is C15H11BrCl3NO. The highest BCUT2D eigenvalue weighted by molar-refractivity contribution is 9.10. The summed E-state index contributed by atoms with van der Waals surface area (Å²) in [6, 6.07) is 9.41. The molecule has 0 radical (unpaired) electrons. The first-order chi connectivity index (χ1) is 10.0. The molecule has 1 unspecified atom stereocenters. The minimum atomic E-state index is 0.0856. The molecule has 21 heavy (non-hydrogen) atoms. The molecule has 2 aromatic carbocycles. The average Bonchev–Trinajstić information content (AvgIpc) is 2.43. The van der Waals surface area contributed by atoms with Crippen LogP contribution in [0.2, 0.25) is 15.1 Å². The van der Waals surface area contributed by atoms with Crippen LogP contribution in [-0.4, -0.2) is 6.61 Å². The zero-order valence-electron chi connectivity index (χ0n) is 10.8. The van der Waals surface area contributed by atoms with Gasteiger partial charge in [0.25, 0.3) is 0 Å². The predicted octanol–water partition coefficient (Wildman–Crippen LogP) is 6.35. The molecular weight excluding hydrogens is 396 g/mol. The molecule has 0 saturated heterocycles. The quantitative estimate of drug-likeness (QED) is 0.627. The molecule has 1 atom stereocenters. The number of hydrogen-bond acceptors (Lipinski definition) is 2. The lowest BCUT2D eigenvalue weighted by atomic mass is 10.0. The van der Waals surface area contributed by atoms with E-state index >= 15 is 0 Å². The van der Waals surface area contributed by atoms with Crippen molar-refractivity contribution in [1.82, 2.24) is 0 Å². The van der Waals surface area contributed by atoms with Crippen LogP contribution < -0.4 is 10.1 Å². The summed E-state index contributed by atoms with van der Waals surface area (Å²) < 4.78 is 6.68. The molecule has 0 aromatic heterocycles. The smallest absolute Gasteiger partial charge is 0.124 e. The predicted molar refractivity (Wildman–Crippen MR) is 92.1 cm³/mol. The number of rotatable bonds is 2. The van der Waals surface area contributed by atoms with Gasteiger partial charge in [0.05, 0.1) is 28.4 Å². The van der Waals surface area contributed by atoms with Crippen molar-refractivity contribution in [2.75, 3.05) is 11.9 Å². The van der Waals surface area contributed by atoms with Crippen molar-refractivity contribution in [3.05, 3.63) is 55.4 Å². The molecule has 0 spiro atoms. The van der Waals surface area contributed by atoms with Crippen LogP contribution in [0.15, 0.2) is 34.8 Å². The Morgan fingerprint density at radius 2 is 1.81 bits per heavy atom. The fourth-order valence-corrected chi connectivity index (χ4v) is 3.67. The number of fused-ring (bicyclic) bond motifs is 1. The molecule has 3 rings (SSSR count). The zero-order valence-corrected chi connectivity index (χ0v) is 14.7. The molecule has 1 N–H and O–H groups in total. The van der Waals surface area contributed by atoms with Gasteiger partial charge >= 0.3 is 0 Å². The van der Waals surface area contributed by atoms with Gasteiger partial charge in [-0.2, -0.15) is 0 Å². The van der Waals surface area contributed by atoms with Gasteiger partial charge in [0.1, 0.15) is 5.75 Å². The minimum absolute atomic E-state index is 0.0856. The molecule has 0 saturated carbocycles. The lowest BCUT2D eigenvalue weighted by Crippen LogP contribution is -2.20. The molecule has 0 fully saturated rings. The number of nitrogens with one attached hydrogen (secondary N) is 1. The third-order valence-corrected chi connectivity index (χ3v) is 4.64. The van der Waals surface area contributed by atoms with Gasteiger partial charge in [-0.05, 0) is 30.3 Å². The first-order valence-corrected chi connectivity index (χ1v) is 8.30. The average molecular weight is 408 g/mol. The third-order valence-electron chi connectivity index (χ3n) is 3.34. The molecule has 2 nitrogen and oxygen atoms in total. The molecule has 2 aromatic rings. The summed E-state index contributed by atoms with van der Waals surface area (Å²) in [6.07, 6.45) is 0.832. The molecule has 0 amide bonds. The Morgan fingerprint density at radius 1 is 1.10 bits per heavy atom. The number of halogens is 4. The summed E-state index contributed by atoms with van der Waals surface area (Å²) in [5.41, 5.74) is 1.78. The number of hydrogen-bond donors (Lipinski definition) is 1. The maximum atomic E-state index is 6.24. The van der Waals surface area contributed by atoms with Crippen molar-refractivity contribution in [2.45, 2.75) is 12.5 Å². The summed E-state index contributed by atoms with van der Waals surface area (Å²) in [6.45, 7) is 0.648. The largest absolute Gasteiger partial charge is 0.493 e. The number of ether oxygens (including phenoxy) is 1. The van der Waals surface area contributed by atoms with E-state index in [-0.39, 0.29) is 6.04 Å². The van der Waals surface area contributed by atoms with Gasteiger partial charge in [-0.25, -0.2) is 0 Å². The van der Waals surface area contributed by atoms with Crippen LogP contribution in [0.3, 0.4) is 0 Å².